The predicted molar refractivity (Wildman–Crippen MR) is 79.3 cm³/mol. The molecule has 1 heterocycles. The van der Waals surface area contributed by atoms with E-state index >= 15 is 0 Å². The second-order valence-electron chi connectivity index (χ2n) is 5.42. The Morgan fingerprint density at radius 3 is 2.44 bits per heavy atom. The molecule has 0 radical (unpaired) electrons. The highest BCUT2D eigenvalue weighted by Gasteiger charge is 2.13. The van der Waals surface area contributed by atoms with Crippen molar-refractivity contribution in [1.82, 2.24) is 5.32 Å². The summed E-state index contributed by atoms with van der Waals surface area (Å²) in [6.45, 7) is 5.80. The van der Waals surface area contributed by atoms with E-state index in [1.165, 1.54) is 50.1 Å². The number of nitrogens with zero attached hydrogens (tertiary/aromatic N) is 1. The van der Waals surface area contributed by atoms with E-state index in [0.717, 1.165) is 12.3 Å². The Morgan fingerprint density at radius 1 is 1.17 bits per heavy atom. The van der Waals surface area contributed by atoms with E-state index in [4.69, 9.17) is 0 Å². The summed E-state index contributed by atoms with van der Waals surface area (Å²) in [6, 6.07) is 9.00. The molecule has 100 valence electrons. The molecule has 1 aliphatic heterocycles. The first-order valence-electron chi connectivity index (χ1n) is 7.30. The highest BCUT2D eigenvalue weighted by Crippen LogP contribution is 2.19. The molecule has 1 aliphatic rings. The second kappa shape index (κ2) is 6.79. The summed E-state index contributed by atoms with van der Waals surface area (Å²) in [5.41, 5.74) is 2.77. The second-order valence-corrected chi connectivity index (χ2v) is 5.42. The molecule has 2 rings (SSSR count). The number of piperidine rings is 1. The zero-order chi connectivity index (χ0) is 12.8. The van der Waals surface area contributed by atoms with Crippen LogP contribution in [0.15, 0.2) is 24.3 Å². The molecule has 18 heavy (non-hydrogen) atoms. The zero-order valence-electron chi connectivity index (χ0n) is 11.8. The molecular formula is C16H26N2. The molecule has 0 spiro atoms. The van der Waals surface area contributed by atoms with Crippen LogP contribution < -0.4 is 10.2 Å². The van der Waals surface area contributed by atoms with Gasteiger partial charge in [0.25, 0.3) is 0 Å². The molecule has 0 unspecified atom stereocenters. The van der Waals surface area contributed by atoms with Crippen molar-refractivity contribution in [1.29, 1.82) is 0 Å². The Hall–Kier alpha value is -1.02. The lowest BCUT2D eigenvalue weighted by Gasteiger charge is -2.26. The molecule has 0 atom stereocenters. The summed E-state index contributed by atoms with van der Waals surface area (Å²) < 4.78 is 0. The third-order valence-corrected chi connectivity index (χ3v) is 4.12. The van der Waals surface area contributed by atoms with Gasteiger partial charge < -0.3 is 10.2 Å². The number of aryl methyl sites for hydroxylation is 1. The first-order valence-corrected chi connectivity index (χ1v) is 7.30. The zero-order valence-corrected chi connectivity index (χ0v) is 11.8. The van der Waals surface area contributed by atoms with Crippen LogP contribution >= 0.6 is 0 Å². The average Bonchev–Trinajstić information content (AvgIpc) is 2.46. The van der Waals surface area contributed by atoms with Crippen molar-refractivity contribution in [3.8, 4) is 0 Å². The normalized spacial score (nSPS) is 16.8. The SMILES string of the molecule is CCc1ccc(N(C)CCC2CCNCC2)cc1. The van der Waals surface area contributed by atoms with E-state index in [2.05, 4.69) is 48.5 Å². The number of hydrogen-bond acceptors (Lipinski definition) is 2. The van der Waals surface area contributed by atoms with Crippen molar-refractivity contribution in [3.05, 3.63) is 29.8 Å². The predicted octanol–water partition coefficient (Wildman–Crippen LogP) is 3.07. The topological polar surface area (TPSA) is 15.3 Å². The minimum atomic E-state index is 0.920. The molecule has 0 bridgehead atoms. The third kappa shape index (κ3) is 3.74. The van der Waals surface area contributed by atoms with Crippen molar-refractivity contribution in [2.75, 3.05) is 31.6 Å². The van der Waals surface area contributed by atoms with Gasteiger partial charge in [0.05, 0.1) is 0 Å². The lowest BCUT2D eigenvalue weighted by atomic mass is 9.94. The van der Waals surface area contributed by atoms with Crippen LogP contribution in [-0.4, -0.2) is 26.7 Å². The number of hydrogen-bond donors (Lipinski definition) is 1. The van der Waals surface area contributed by atoms with Crippen molar-refractivity contribution >= 4 is 5.69 Å². The van der Waals surface area contributed by atoms with Gasteiger partial charge >= 0.3 is 0 Å². The van der Waals surface area contributed by atoms with Crippen LogP contribution in [0.4, 0.5) is 5.69 Å². The van der Waals surface area contributed by atoms with Gasteiger partial charge in [-0.25, -0.2) is 0 Å². The summed E-state index contributed by atoms with van der Waals surface area (Å²) >= 11 is 0. The lowest BCUT2D eigenvalue weighted by molar-refractivity contribution is 0.356. The van der Waals surface area contributed by atoms with Crippen LogP contribution in [0.3, 0.4) is 0 Å². The average molecular weight is 246 g/mol. The van der Waals surface area contributed by atoms with Gasteiger partial charge in [0.15, 0.2) is 0 Å². The highest BCUT2D eigenvalue weighted by molar-refractivity contribution is 5.46. The molecule has 1 aromatic carbocycles. The Kier molecular flexibility index (Phi) is 5.06. The van der Waals surface area contributed by atoms with Gasteiger partial charge in [-0.1, -0.05) is 19.1 Å². The monoisotopic (exact) mass is 246 g/mol. The van der Waals surface area contributed by atoms with Gasteiger partial charge in [-0.15, -0.1) is 0 Å². The van der Waals surface area contributed by atoms with Crippen LogP contribution in [0.2, 0.25) is 0 Å². The van der Waals surface area contributed by atoms with E-state index in [1.807, 2.05) is 0 Å². The van der Waals surface area contributed by atoms with Crippen LogP contribution in [0, 0.1) is 5.92 Å². The van der Waals surface area contributed by atoms with Crippen LogP contribution in [0.1, 0.15) is 31.7 Å². The van der Waals surface area contributed by atoms with Crippen molar-refractivity contribution in [2.24, 2.45) is 5.92 Å². The fraction of sp³-hybridized carbons (Fsp3) is 0.625. The smallest absolute Gasteiger partial charge is 0.0363 e. The summed E-state index contributed by atoms with van der Waals surface area (Å²) in [5.74, 6) is 0.920. The van der Waals surface area contributed by atoms with Gasteiger partial charge in [-0.2, -0.15) is 0 Å². The molecule has 1 aromatic rings. The number of nitrogens with one attached hydrogen (secondary N) is 1. The van der Waals surface area contributed by atoms with E-state index in [1.54, 1.807) is 0 Å². The van der Waals surface area contributed by atoms with Crippen LogP contribution in [-0.2, 0) is 6.42 Å². The minimum absolute atomic E-state index is 0.920. The summed E-state index contributed by atoms with van der Waals surface area (Å²) in [5, 5.41) is 3.43. The first kappa shape index (κ1) is 13.4. The lowest BCUT2D eigenvalue weighted by Crippen LogP contribution is -2.30. The molecule has 2 nitrogen and oxygen atoms in total. The molecule has 0 saturated carbocycles. The Labute approximate surface area is 111 Å². The highest BCUT2D eigenvalue weighted by atomic mass is 15.1. The van der Waals surface area contributed by atoms with Gasteiger partial charge in [-0.05, 0) is 62.4 Å². The molecule has 0 amide bonds. The number of rotatable bonds is 5. The third-order valence-electron chi connectivity index (χ3n) is 4.12. The molecule has 1 fully saturated rings. The molecule has 0 aromatic heterocycles. The summed E-state index contributed by atoms with van der Waals surface area (Å²) in [4.78, 5) is 2.39. The number of anilines is 1. The molecule has 1 saturated heterocycles. The Morgan fingerprint density at radius 2 is 1.83 bits per heavy atom. The van der Waals surface area contributed by atoms with Gasteiger partial charge in [0.1, 0.15) is 0 Å². The van der Waals surface area contributed by atoms with Crippen molar-refractivity contribution in [2.45, 2.75) is 32.6 Å². The van der Waals surface area contributed by atoms with Crippen molar-refractivity contribution in [3.63, 3.8) is 0 Å². The molecule has 1 N–H and O–H groups in total. The van der Waals surface area contributed by atoms with E-state index < -0.39 is 0 Å². The summed E-state index contributed by atoms with van der Waals surface area (Å²) in [7, 11) is 2.21. The maximum atomic E-state index is 3.43. The minimum Gasteiger partial charge on any atom is -0.375 e. The quantitative estimate of drug-likeness (QED) is 0.859. The molecule has 0 aliphatic carbocycles. The summed E-state index contributed by atoms with van der Waals surface area (Å²) in [6.07, 6.45) is 5.15. The fourth-order valence-electron chi connectivity index (χ4n) is 2.66. The Balaban J connectivity index is 1.80. The standard InChI is InChI=1S/C16H26N2/c1-3-14-4-6-16(7-5-14)18(2)13-10-15-8-11-17-12-9-15/h4-7,15,17H,3,8-13H2,1-2H3. The van der Waals surface area contributed by atoms with Crippen molar-refractivity contribution < 1.29 is 0 Å². The van der Waals surface area contributed by atoms with E-state index in [-0.39, 0.29) is 0 Å². The first-order chi connectivity index (χ1) is 8.79. The maximum absolute atomic E-state index is 3.43. The molecule has 2 heteroatoms. The largest absolute Gasteiger partial charge is 0.375 e. The Bertz CT molecular complexity index is 339. The van der Waals surface area contributed by atoms with Crippen LogP contribution in [0.25, 0.3) is 0 Å². The molecular weight excluding hydrogens is 220 g/mol. The van der Waals surface area contributed by atoms with E-state index in [0.29, 0.717) is 0 Å². The van der Waals surface area contributed by atoms with Gasteiger partial charge in [0.2, 0.25) is 0 Å². The van der Waals surface area contributed by atoms with E-state index in [9.17, 15) is 0 Å². The van der Waals surface area contributed by atoms with Gasteiger partial charge in [0, 0.05) is 19.3 Å². The number of benzene rings is 1. The van der Waals surface area contributed by atoms with Crippen LogP contribution in [0.5, 0.6) is 0 Å². The maximum Gasteiger partial charge on any atom is 0.0363 e. The van der Waals surface area contributed by atoms with Gasteiger partial charge in [-0.3, -0.25) is 0 Å². The fourth-order valence-corrected chi connectivity index (χ4v) is 2.66.